The number of nitrogens with one attached hydrogen (secondary N) is 1. The number of rotatable bonds is 4. The number of halogens is 1. The molecule has 1 saturated heterocycles. The van der Waals surface area contributed by atoms with Crippen molar-refractivity contribution in [1.82, 2.24) is 10.4 Å². The summed E-state index contributed by atoms with van der Waals surface area (Å²) in [6, 6.07) is 0. The van der Waals surface area contributed by atoms with Gasteiger partial charge in [0.1, 0.15) is 0 Å². The van der Waals surface area contributed by atoms with Gasteiger partial charge in [0.05, 0.1) is 5.83 Å². The molecule has 0 spiro atoms. The fourth-order valence-electron chi connectivity index (χ4n) is 2.20. The summed E-state index contributed by atoms with van der Waals surface area (Å²) in [5, 5.41) is 2.24. The molecule has 0 amide bonds. The van der Waals surface area contributed by atoms with E-state index in [0.717, 1.165) is 25.9 Å². The lowest BCUT2D eigenvalue weighted by atomic mass is 9.89. The van der Waals surface area contributed by atoms with Crippen molar-refractivity contribution in [3.8, 4) is 0 Å². The van der Waals surface area contributed by atoms with Crippen LogP contribution in [0.3, 0.4) is 0 Å². The van der Waals surface area contributed by atoms with Crippen LogP contribution in [0, 0.1) is 5.92 Å². The maximum atomic E-state index is 12.6. The third kappa shape index (κ3) is 4.84. The SMILES string of the molecule is CC=C(/C=C\C=C(/C)F)C1CCN(NC)CC1. The van der Waals surface area contributed by atoms with Crippen molar-refractivity contribution in [2.24, 2.45) is 5.92 Å². The van der Waals surface area contributed by atoms with Gasteiger partial charge < -0.3 is 0 Å². The molecule has 0 saturated carbocycles. The van der Waals surface area contributed by atoms with E-state index >= 15 is 0 Å². The van der Waals surface area contributed by atoms with Gasteiger partial charge >= 0.3 is 0 Å². The van der Waals surface area contributed by atoms with Gasteiger partial charge in [-0.25, -0.2) is 9.40 Å². The van der Waals surface area contributed by atoms with Gasteiger partial charge in [-0.3, -0.25) is 5.43 Å². The summed E-state index contributed by atoms with van der Waals surface area (Å²) in [4.78, 5) is 0. The molecule has 1 heterocycles. The highest BCUT2D eigenvalue weighted by Crippen LogP contribution is 2.24. The number of allylic oxidation sites excluding steroid dienone is 6. The molecule has 0 unspecified atom stereocenters. The van der Waals surface area contributed by atoms with Crippen LogP contribution in [0.5, 0.6) is 0 Å². The fourth-order valence-corrected chi connectivity index (χ4v) is 2.20. The van der Waals surface area contributed by atoms with Gasteiger partial charge in [0.15, 0.2) is 0 Å². The first-order valence-corrected chi connectivity index (χ1v) is 6.26. The van der Waals surface area contributed by atoms with Crippen molar-refractivity contribution in [3.05, 3.63) is 35.7 Å². The second-order valence-electron chi connectivity index (χ2n) is 4.39. The summed E-state index contributed by atoms with van der Waals surface area (Å²) in [5.74, 6) is 0.455. The van der Waals surface area contributed by atoms with Crippen LogP contribution in [0.2, 0.25) is 0 Å². The van der Waals surface area contributed by atoms with Gasteiger partial charge in [0, 0.05) is 13.1 Å². The van der Waals surface area contributed by atoms with Crippen LogP contribution >= 0.6 is 0 Å². The van der Waals surface area contributed by atoms with E-state index < -0.39 is 0 Å². The molecule has 0 aromatic carbocycles. The van der Waals surface area contributed by atoms with Crippen LogP contribution in [0.4, 0.5) is 4.39 Å². The highest BCUT2D eigenvalue weighted by atomic mass is 19.1. The minimum atomic E-state index is -0.151. The Morgan fingerprint density at radius 2 is 2.00 bits per heavy atom. The van der Waals surface area contributed by atoms with Crippen LogP contribution in [0.1, 0.15) is 26.7 Å². The summed E-state index contributed by atoms with van der Waals surface area (Å²) in [5.41, 5.74) is 4.49. The molecule has 1 aliphatic heterocycles. The zero-order chi connectivity index (χ0) is 12.7. The summed E-state index contributed by atoms with van der Waals surface area (Å²) in [6.07, 6.45) is 9.79. The summed E-state index contributed by atoms with van der Waals surface area (Å²) in [6.45, 7) is 5.66. The van der Waals surface area contributed by atoms with E-state index in [9.17, 15) is 4.39 Å². The highest BCUT2D eigenvalue weighted by molar-refractivity contribution is 5.25. The Labute approximate surface area is 104 Å². The van der Waals surface area contributed by atoms with Crippen LogP contribution in [0.25, 0.3) is 0 Å². The van der Waals surface area contributed by atoms with Crippen molar-refractivity contribution in [2.75, 3.05) is 20.1 Å². The van der Waals surface area contributed by atoms with Crippen LogP contribution in [0.15, 0.2) is 35.7 Å². The summed E-state index contributed by atoms with van der Waals surface area (Å²) < 4.78 is 12.6. The third-order valence-electron chi connectivity index (χ3n) is 3.23. The molecule has 1 fully saturated rings. The van der Waals surface area contributed by atoms with Gasteiger partial charge in [-0.05, 0) is 51.3 Å². The maximum Gasteiger partial charge on any atom is 0.0968 e. The number of hydrazine groups is 1. The quantitative estimate of drug-likeness (QED) is 0.757. The van der Waals surface area contributed by atoms with E-state index in [1.807, 2.05) is 13.1 Å². The Morgan fingerprint density at radius 3 is 2.47 bits per heavy atom. The number of nitrogens with zero attached hydrogens (tertiary/aromatic N) is 1. The lowest BCUT2D eigenvalue weighted by Crippen LogP contribution is -2.41. The van der Waals surface area contributed by atoms with E-state index in [1.165, 1.54) is 18.6 Å². The predicted molar refractivity (Wildman–Crippen MR) is 71.1 cm³/mol. The molecule has 3 heteroatoms. The molecule has 2 nitrogen and oxygen atoms in total. The first-order valence-electron chi connectivity index (χ1n) is 6.26. The van der Waals surface area contributed by atoms with Crippen molar-refractivity contribution in [2.45, 2.75) is 26.7 Å². The Bertz CT molecular complexity index is 306. The van der Waals surface area contributed by atoms with Gasteiger partial charge in [0.2, 0.25) is 0 Å². The number of hydrogen-bond donors (Lipinski definition) is 1. The van der Waals surface area contributed by atoms with Crippen molar-refractivity contribution in [1.29, 1.82) is 0 Å². The average molecular weight is 238 g/mol. The topological polar surface area (TPSA) is 15.3 Å². The largest absolute Gasteiger partial charge is 0.258 e. The zero-order valence-electron chi connectivity index (χ0n) is 11.0. The Kier molecular flexibility index (Phi) is 6.16. The normalized spacial score (nSPS) is 21.4. The molecule has 0 aromatic rings. The molecular formula is C14H23FN2. The van der Waals surface area contributed by atoms with Gasteiger partial charge in [-0.15, -0.1) is 0 Å². The lowest BCUT2D eigenvalue weighted by molar-refractivity contribution is 0.149. The zero-order valence-corrected chi connectivity index (χ0v) is 11.0. The molecule has 0 atom stereocenters. The number of hydrogen-bond acceptors (Lipinski definition) is 2. The molecule has 96 valence electrons. The Hall–Kier alpha value is -0.930. The van der Waals surface area contributed by atoms with E-state index in [4.69, 9.17) is 0 Å². The molecule has 0 bridgehead atoms. The lowest BCUT2D eigenvalue weighted by Gasteiger charge is -2.31. The van der Waals surface area contributed by atoms with Crippen molar-refractivity contribution in [3.63, 3.8) is 0 Å². The van der Waals surface area contributed by atoms with Gasteiger partial charge in [-0.1, -0.05) is 18.2 Å². The molecule has 17 heavy (non-hydrogen) atoms. The number of piperidine rings is 1. The molecular weight excluding hydrogens is 215 g/mol. The highest BCUT2D eigenvalue weighted by Gasteiger charge is 2.19. The minimum absolute atomic E-state index is 0.151. The van der Waals surface area contributed by atoms with E-state index in [0.29, 0.717) is 5.92 Å². The molecule has 0 aliphatic carbocycles. The molecule has 1 N–H and O–H groups in total. The molecule has 0 aromatic heterocycles. The molecule has 0 radical (unpaired) electrons. The van der Waals surface area contributed by atoms with E-state index in [2.05, 4.69) is 23.4 Å². The Morgan fingerprint density at radius 1 is 1.35 bits per heavy atom. The van der Waals surface area contributed by atoms with Crippen molar-refractivity contribution >= 4 is 0 Å². The standard InChI is InChI=1S/C14H23FN2/c1-4-13(7-5-6-12(2)15)14-8-10-17(16-3)11-9-14/h4-7,14,16H,8-11H2,1-3H3/b7-5-,12-6+,13-4?. The fraction of sp³-hybridized carbons (Fsp3) is 0.571. The van der Waals surface area contributed by atoms with E-state index in [1.54, 1.807) is 6.08 Å². The van der Waals surface area contributed by atoms with Gasteiger partial charge in [0.25, 0.3) is 0 Å². The van der Waals surface area contributed by atoms with Crippen LogP contribution in [-0.2, 0) is 0 Å². The van der Waals surface area contributed by atoms with Crippen LogP contribution < -0.4 is 5.43 Å². The van der Waals surface area contributed by atoms with E-state index in [-0.39, 0.29) is 5.83 Å². The smallest absolute Gasteiger partial charge is 0.0968 e. The monoisotopic (exact) mass is 238 g/mol. The second kappa shape index (κ2) is 7.41. The maximum absolute atomic E-state index is 12.6. The summed E-state index contributed by atoms with van der Waals surface area (Å²) >= 11 is 0. The minimum Gasteiger partial charge on any atom is -0.258 e. The second-order valence-corrected chi connectivity index (χ2v) is 4.39. The summed E-state index contributed by atoms with van der Waals surface area (Å²) in [7, 11) is 1.96. The average Bonchev–Trinajstić information content (AvgIpc) is 2.34. The van der Waals surface area contributed by atoms with Gasteiger partial charge in [-0.2, -0.15) is 0 Å². The third-order valence-corrected chi connectivity index (χ3v) is 3.23. The molecule has 1 aliphatic rings. The predicted octanol–water partition coefficient (Wildman–Crippen LogP) is 3.21. The first kappa shape index (κ1) is 14.1. The molecule has 1 rings (SSSR count). The van der Waals surface area contributed by atoms with Crippen molar-refractivity contribution < 1.29 is 4.39 Å². The van der Waals surface area contributed by atoms with Crippen LogP contribution in [-0.4, -0.2) is 25.1 Å². The first-order chi connectivity index (χ1) is 8.17. The Balaban J connectivity index is 2.53.